The summed E-state index contributed by atoms with van der Waals surface area (Å²) >= 11 is 0. The fraction of sp³-hybridized carbons (Fsp3) is 0.400. The first kappa shape index (κ1) is 8.74. The van der Waals surface area contributed by atoms with Crippen molar-refractivity contribution >= 4 is 7.92 Å². The van der Waals surface area contributed by atoms with Crippen LogP contribution in [0.25, 0.3) is 0 Å². The maximum Gasteiger partial charge on any atom is 0.000849 e. The second-order valence-electron chi connectivity index (χ2n) is 3.05. The summed E-state index contributed by atoms with van der Waals surface area (Å²) < 4.78 is 0. The van der Waals surface area contributed by atoms with E-state index in [0.717, 1.165) is 5.66 Å². The van der Waals surface area contributed by atoms with Gasteiger partial charge in [-0.1, -0.05) is 37.3 Å². The Bertz CT molecular complexity index is 203. The van der Waals surface area contributed by atoms with Gasteiger partial charge >= 0.3 is 0 Å². The summed E-state index contributed by atoms with van der Waals surface area (Å²) in [6.07, 6.45) is 0. The van der Waals surface area contributed by atoms with Crippen LogP contribution in [0.1, 0.15) is 18.1 Å². The van der Waals surface area contributed by atoms with Gasteiger partial charge in [-0.2, -0.15) is 0 Å². The molecular formula is C10H15P. The van der Waals surface area contributed by atoms with Gasteiger partial charge < -0.3 is 0 Å². The highest BCUT2D eigenvalue weighted by Crippen LogP contribution is 2.43. The van der Waals surface area contributed by atoms with E-state index in [2.05, 4.69) is 50.6 Å². The predicted octanol–water partition coefficient (Wildman–Crippen LogP) is 3.49. The van der Waals surface area contributed by atoms with Gasteiger partial charge in [0, 0.05) is 5.66 Å². The molecule has 0 saturated carbocycles. The van der Waals surface area contributed by atoms with Gasteiger partial charge in [0.05, 0.1) is 0 Å². The zero-order valence-electron chi connectivity index (χ0n) is 7.41. The van der Waals surface area contributed by atoms with Crippen LogP contribution >= 0.6 is 7.92 Å². The van der Waals surface area contributed by atoms with Gasteiger partial charge in [0.1, 0.15) is 0 Å². The summed E-state index contributed by atoms with van der Waals surface area (Å²) in [6, 6.07) is 10.7. The van der Waals surface area contributed by atoms with Gasteiger partial charge in [-0.25, -0.2) is 0 Å². The highest BCUT2D eigenvalue weighted by molar-refractivity contribution is 7.56. The Morgan fingerprint density at radius 1 is 1.09 bits per heavy atom. The SMILES string of the molecule is CC(c1ccccc1)P(C)C. The second kappa shape index (κ2) is 3.88. The molecule has 11 heavy (non-hydrogen) atoms. The van der Waals surface area contributed by atoms with Gasteiger partial charge in [0.15, 0.2) is 0 Å². The fourth-order valence-corrected chi connectivity index (χ4v) is 1.80. The molecule has 1 rings (SSSR count). The van der Waals surface area contributed by atoms with E-state index in [1.54, 1.807) is 0 Å². The van der Waals surface area contributed by atoms with Crippen molar-refractivity contribution in [3.63, 3.8) is 0 Å². The minimum absolute atomic E-state index is 0.162. The monoisotopic (exact) mass is 166 g/mol. The molecule has 0 saturated heterocycles. The minimum atomic E-state index is 0.162. The minimum Gasteiger partial charge on any atom is -0.106 e. The molecule has 0 bridgehead atoms. The van der Waals surface area contributed by atoms with Crippen molar-refractivity contribution in [3.05, 3.63) is 35.9 Å². The molecule has 1 aromatic carbocycles. The first-order valence-corrected chi connectivity index (χ1v) is 6.23. The average Bonchev–Trinajstić information content (AvgIpc) is 2.05. The molecule has 1 heteroatoms. The summed E-state index contributed by atoms with van der Waals surface area (Å²) in [6.45, 7) is 6.96. The van der Waals surface area contributed by atoms with Crippen molar-refractivity contribution in [2.24, 2.45) is 0 Å². The van der Waals surface area contributed by atoms with Crippen molar-refractivity contribution in [2.75, 3.05) is 13.3 Å². The lowest BCUT2D eigenvalue weighted by Crippen LogP contribution is -1.88. The van der Waals surface area contributed by atoms with E-state index in [1.165, 1.54) is 5.56 Å². The van der Waals surface area contributed by atoms with E-state index in [0.29, 0.717) is 0 Å². The van der Waals surface area contributed by atoms with E-state index in [-0.39, 0.29) is 7.92 Å². The Morgan fingerprint density at radius 3 is 2.09 bits per heavy atom. The molecule has 0 aliphatic heterocycles. The fourth-order valence-electron chi connectivity index (χ4n) is 1.03. The van der Waals surface area contributed by atoms with Crippen molar-refractivity contribution < 1.29 is 0 Å². The number of hydrogen-bond acceptors (Lipinski definition) is 0. The zero-order chi connectivity index (χ0) is 8.27. The second-order valence-corrected chi connectivity index (χ2v) is 5.75. The lowest BCUT2D eigenvalue weighted by molar-refractivity contribution is 1.08. The van der Waals surface area contributed by atoms with E-state index >= 15 is 0 Å². The van der Waals surface area contributed by atoms with E-state index in [9.17, 15) is 0 Å². The largest absolute Gasteiger partial charge is 0.106 e. The number of hydrogen-bond donors (Lipinski definition) is 0. The maximum absolute atomic E-state index is 2.33. The third-order valence-corrected chi connectivity index (χ3v) is 3.90. The lowest BCUT2D eigenvalue weighted by atomic mass is 10.2. The molecule has 0 spiro atoms. The molecule has 1 atom stereocenters. The molecule has 1 unspecified atom stereocenters. The summed E-state index contributed by atoms with van der Waals surface area (Å²) in [4.78, 5) is 0. The smallest absolute Gasteiger partial charge is 0.000849 e. The summed E-state index contributed by atoms with van der Waals surface area (Å²) in [5, 5.41) is 0. The number of benzene rings is 1. The Morgan fingerprint density at radius 2 is 1.64 bits per heavy atom. The third kappa shape index (κ3) is 2.31. The van der Waals surface area contributed by atoms with E-state index in [4.69, 9.17) is 0 Å². The summed E-state index contributed by atoms with van der Waals surface area (Å²) in [5.41, 5.74) is 2.22. The molecule has 0 aromatic heterocycles. The molecule has 0 aliphatic carbocycles. The Kier molecular flexibility index (Phi) is 3.08. The standard InChI is InChI=1S/C10H15P/c1-9(11(2)3)10-7-5-4-6-8-10/h4-9H,1-3H3. The molecule has 60 valence electrons. The van der Waals surface area contributed by atoms with Crippen LogP contribution in [0, 0.1) is 0 Å². The molecule has 0 amide bonds. The van der Waals surface area contributed by atoms with Crippen LogP contribution in [0.4, 0.5) is 0 Å². The topological polar surface area (TPSA) is 0 Å². The molecule has 0 radical (unpaired) electrons. The van der Waals surface area contributed by atoms with Gasteiger partial charge in [-0.05, 0) is 18.9 Å². The van der Waals surface area contributed by atoms with Gasteiger partial charge in [-0.3, -0.25) is 0 Å². The normalized spacial score (nSPS) is 13.5. The van der Waals surface area contributed by atoms with Crippen molar-refractivity contribution in [1.29, 1.82) is 0 Å². The van der Waals surface area contributed by atoms with Crippen LogP contribution in [-0.4, -0.2) is 13.3 Å². The van der Waals surface area contributed by atoms with Crippen LogP contribution in [0.15, 0.2) is 30.3 Å². The highest BCUT2D eigenvalue weighted by Gasteiger charge is 2.07. The van der Waals surface area contributed by atoms with Crippen LogP contribution < -0.4 is 0 Å². The van der Waals surface area contributed by atoms with Crippen molar-refractivity contribution in [1.82, 2.24) is 0 Å². The van der Waals surface area contributed by atoms with E-state index in [1.807, 2.05) is 0 Å². The maximum atomic E-state index is 2.33. The predicted molar refractivity (Wildman–Crippen MR) is 53.6 cm³/mol. The van der Waals surface area contributed by atoms with Crippen molar-refractivity contribution in [3.8, 4) is 0 Å². The molecule has 0 fully saturated rings. The Balaban J connectivity index is 2.77. The van der Waals surface area contributed by atoms with E-state index < -0.39 is 0 Å². The average molecular weight is 166 g/mol. The van der Waals surface area contributed by atoms with Crippen LogP contribution in [0.3, 0.4) is 0 Å². The molecule has 0 N–H and O–H groups in total. The zero-order valence-corrected chi connectivity index (χ0v) is 8.31. The third-order valence-electron chi connectivity index (χ3n) is 2.06. The first-order chi connectivity index (χ1) is 5.22. The summed E-state index contributed by atoms with van der Waals surface area (Å²) in [5.74, 6) is 0. The molecule has 1 aromatic rings. The van der Waals surface area contributed by atoms with Gasteiger partial charge in [0.25, 0.3) is 0 Å². The van der Waals surface area contributed by atoms with Crippen LogP contribution in [0.5, 0.6) is 0 Å². The molecule has 0 aliphatic rings. The Labute approximate surface area is 70.4 Å². The van der Waals surface area contributed by atoms with Crippen molar-refractivity contribution in [2.45, 2.75) is 12.6 Å². The molecule has 0 heterocycles. The quantitative estimate of drug-likeness (QED) is 0.590. The lowest BCUT2D eigenvalue weighted by Gasteiger charge is -2.15. The molecule has 0 nitrogen and oxygen atoms in total. The van der Waals surface area contributed by atoms with Crippen LogP contribution in [-0.2, 0) is 0 Å². The molecular weight excluding hydrogens is 151 g/mol. The highest BCUT2D eigenvalue weighted by atomic mass is 31.1. The first-order valence-electron chi connectivity index (χ1n) is 3.93. The van der Waals surface area contributed by atoms with Gasteiger partial charge in [0.2, 0.25) is 0 Å². The van der Waals surface area contributed by atoms with Gasteiger partial charge in [-0.15, -0.1) is 7.92 Å². The Hall–Kier alpha value is -0.350. The number of rotatable bonds is 2. The van der Waals surface area contributed by atoms with Crippen LogP contribution in [0.2, 0.25) is 0 Å². The summed E-state index contributed by atoms with van der Waals surface area (Å²) in [7, 11) is 0.162.